The lowest BCUT2D eigenvalue weighted by Crippen LogP contribution is -2.31. The molecule has 7 heteroatoms. The average Bonchev–Trinajstić information content (AvgIpc) is 2.82. The minimum Gasteiger partial charge on any atom is -0.473 e. The number of nitrogens with one attached hydrogen (secondary N) is 1. The van der Waals surface area contributed by atoms with Crippen LogP contribution in [0.15, 0.2) is 75.9 Å². The van der Waals surface area contributed by atoms with Gasteiger partial charge in [0.25, 0.3) is 5.91 Å². The maximum Gasteiger partial charge on any atom is 0.265 e. The second-order valence-corrected chi connectivity index (χ2v) is 9.75. The van der Waals surface area contributed by atoms with Crippen molar-refractivity contribution in [1.82, 2.24) is 0 Å². The second-order valence-electron chi connectivity index (χ2n) is 9.31. The Bertz CT molecular complexity index is 1440. The molecule has 0 saturated carbocycles. The molecule has 1 unspecified atom stereocenters. The van der Waals surface area contributed by atoms with Gasteiger partial charge in [-0.3, -0.25) is 9.59 Å². The Hall–Kier alpha value is -3.64. The molecule has 4 rings (SSSR count). The fourth-order valence-corrected chi connectivity index (χ4v) is 3.75. The van der Waals surface area contributed by atoms with Crippen LogP contribution in [0.2, 0.25) is 5.02 Å². The predicted octanol–water partition coefficient (Wildman–Crippen LogP) is 6.96. The van der Waals surface area contributed by atoms with Crippen LogP contribution in [0.25, 0.3) is 22.3 Å². The average molecular weight is 494 g/mol. The maximum absolute atomic E-state index is 13.4. The molecule has 4 aromatic rings. The van der Waals surface area contributed by atoms with Gasteiger partial charge < -0.3 is 14.5 Å². The highest BCUT2D eigenvalue weighted by Gasteiger charge is 2.24. The summed E-state index contributed by atoms with van der Waals surface area (Å²) in [6.45, 7) is 7.85. The summed E-state index contributed by atoms with van der Waals surface area (Å²) in [6, 6.07) is 17.8. The maximum atomic E-state index is 13.4. The van der Waals surface area contributed by atoms with E-state index in [4.69, 9.17) is 20.8 Å². The first kappa shape index (κ1) is 24.5. The Labute approximate surface area is 207 Å². The summed E-state index contributed by atoms with van der Waals surface area (Å²) in [5.41, 5.74) is 2.02. The molecule has 0 spiro atoms. The smallest absolute Gasteiger partial charge is 0.265 e. The van der Waals surface area contributed by atoms with Crippen LogP contribution in [0.3, 0.4) is 0 Å². The van der Waals surface area contributed by atoms with Crippen molar-refractivity contribution in [1.29, 1.82) is 0 Å². The number of rotatable bonds is 5. The number of fused-ring (bicyclic) bond motifs is 1. The highest BCUT2D eigenvalue weighted by molar-refractivity contribution is 6.31. The third-order valence-electron chi connectivity index (χ3n) is 5.60. The van der Waals surface area contributed by atoms with Crippen LogP contribution < -0.4 is 15.5 Å². The number of carbonyl (C=O) groups excluding carboxylic acids is 1. The summed E-state index contributed by atoms with van der Waals surface area (Å²) in [5, 5.41) is 3.27. The molecule has 3 aromatic carbocycles. The minimum atomic E-state index is -1.05. The minimum absolute atomic E-state index is 0.0498. The lowest BCUT2D eigenvalue weighted by atomic mass is 9.86. The van der Waals surface area contributed by atoms with Crippen molar-refractivity contribution >= 4 is 34.2 Å². The van der Waals surface area contributed by atoms with E-state index in [9.17, 15) is 14.0 Å². The quantitative estimate of drug-likeness (QED) is 0.326. The SMILES string of the molecule is CC(Oc1c(-c2ccc(C(C)(C)C)cc2)oc2ccc(Cl)cc2c1=O)C(=O)Nc1ccc(F)cc1. The lowest BCUT2D eigenvalue weighted by molar-refractivity contribution is -0.122. The van der Waals surface area contributed by atoms with E-state index in [1.54, 1.807) is 12.1 Å². The third-order valence-corrected chi connectivity index (χ3v) is 5.83. The predicted molar refractivity (Wildman–Crippen MR) is 137 cm³/mol. The fourth-order valence-electron chi connectivity index (χ4n) is 3.58. The number of benzene rings is 3. The van der Waals surface area contributed by atoms with Crippen LogP contribution in [0.4, 0.5) is 10.1 Å². The summed E-state index contributed by atoms with van der Waals surface area (Å²) in [4.78, 5) is 26.2. The van der Waals surface area contributed by atoms with Gasteiger partial charge in [-0.25, -0.2) is 4.39 Å². The number of hydrogen-bond donors (Lipinski definition) is 1. The van der Waals surface area contributed by atoms with Gasteiger partial charge >= 0.3 is 0 Å². The molecule has 1 N–H and O–H groups in total. The number of hydrogen-bond acceptors (Lipinski definition) is 4. The molecule has 1 aromatic heterocycles. The molecule has 0 aliphatic rings. The molecular weight excluding hydrogens is 469 g/mol. The van der Waals surface area contributed by atoms with Gasteiger partial charge in [-0.05, 0) is 60.4 Å². The Morgan fingerprint density at radius 3 is 2.31 bits per heavy atom. The van der Waals surface area contributed by atoms with E-state index >= 15 is 0 Å². The van der Waals surface area contributed by atoms with Gasteiger partial charge in [-0.1, -0.05) is 56.6 Å². The van der Waals surface area contributed by atoms with E-state index in [-0.39, 0.29) is 22.3 Å². The zero-order chi connectivity index (χ0) is 25.3. The van der Waals surface area contributed by atoms with Crippen molar-refractivity contribution in [3.05, 3.63) is 93.4 Å². The van der Waals surface area contributed by atoms with Crippen LogP contribution in [0.1, 0.15) is 33.3 Å². The van der Waals surface area contributed by atoms with Gasteiger partial charge in [0.2, 0.25) is 11.2 Å². The highest BCUT2D eigenvalue weighted by atomic mass is 35.5. The molecule has 1 atom stereocenters. The van der Waals surface area contributed by atoms with Crippen LogP contribution >= 0.6 is 11.6 Å². The van der Waals surface area contributed by atoms with Crippen LogP contribution in [0, 0.1) is 5.82 Å². The molecule has 180 valence electrons. The Balaban J connectivity index is 1.74. The van der Waals surface area contributed by atoms with E-state index in [0.717, 1.165) is 5.56 Å². The van der Waals surface area contributed by atoms with Gasteiger partial charge in [0.05, 0.1) is 5.39 Å². The topological polar surface area (TPSA) is 68.5 Å². The van der Waals surface area contributed by atoms with Crippen molar-refractivity contribution in [2.24, 2.45) is 0 Å². The first-order chi connectivity index (χ1) is 16.5. The highest BCUT2D eigenvalue weighted by Crippen LogP contribution is 2.34. The number of carbonyl (C=O) groups is 1. The molecular formula is C28H25ClFNO4. The zero-order valence-electron chi connectivity index (χ0n) is 19.8. The molecule has 1 amide bonds. The Kier molecular flexibility index (Phi) is 6.68. The van der Waals surface area contributed by atoms with E-state index < -0.39 is 23.3 Å². The number of halogens is 2. The number of amides is 1. The van der Waals surface area contributed by atoms with Crippen LogP contribution in [-0.4, -0.2) is 12.0 Å². The summed E-state index contributed by atoms with van der Waals surface area (Å²) >= 11 is 6.11. The second kappa shape index (κ2) is 9.55. The molecule has 0 aliphatic carbocycles. The Morgan fingerprint density at radius 2 is 1.69 bits per heavy atom. The standard InChI is InChI=1S/C28H25ClFNO4/c1-16(27(33)31-21-12-10-20(30)11-13-21)34-26-24(32)22-15-19(29)9-14-23(22)35-25(26)17-5-7-18(8-6-17)28(2,3)4/h5-16H,1-4H3,(H,31,33). The van der Waals surface area contributed by atoms with Crippen molar-refractivity contribution < 1.29 is 18.3 Å². The van der Waals surface area contributed by atoms with Crippen molar-refractivity contribution in [2.75, 3.05) is 5.32 Å². The van der Waals surface area contributed by atoms with Crippen molar-refractivity contribution in [3.8, 4) is 17.1 Å². The Morgan fingerprint density at radius 1 is 1.03 bits per heavy atom. The van der Waals surface area contributed by atoms with Crippen LogP contribution in [0.5, 0.6) is 5.75 Å². The molecule has 1 heterocycles. The van der Waals surface area contributed by atoms with E-state index in [2.05, 4.69) is 26.1 Å². The van der Waals surface area contributed by atoms with Gasteiger partial charge in [0, 0.05) is 16.3 Å². The molecule has 0 bridgehead atoms. The largest absolute Gasteiger partial charge is 0.473 e. The summed E-state index contributed by atoms with van der Waals surface area (Å²) in [6.07, 6.45) is -1.05. The molecule has 0 saturated heterocycles. The summed E-state index contributed by atoms with van der Waals surface area (Å²) in [5.74, 6) is -0.796. The third kappa shape index (κ3) is 5.38. The van der Waals surface area contributed by atoms with Gasteiger partial charge in [0.15, 0.2) is 11.9 Å². The van der Waals surface area contributed by atoms with Gasteiger partial charge in [-0.2, -0.15) is 0 Å². The molecule has 0 radical (unpaired) electrons. The lowest BCUT2D eigenvalue weighted by Gasteiger charge is -2.20. The van der Waals surface area contributed by atoms with E-state index in [1.165, 1.54) is 37.3 Å². The first-order valence-electron chi connectivity index (χ1n) is 11.1. The van der Waals surface area contributed by atoms with Gasteiger partial charge in [0.1, 0.15) is 11.4 Å². The summed E-state index contributed by atoms with van der Waals surface area (Å²) in [7, 11) is 0. The summed E-state index contributed by atoms with van der Waals surface area (Å²) < 4.78 is 25.2. The van der Waals surface area contributed by atoms with Crippen molar-refractivity contribution in [2.45, 2.75) is 39.2 Å². The molecule has 0 fully saturated rings. The number of ether oxygens (including phenoxy) is 1. The van der Waals surface area contributed by atoms with Crippen LogP contribution in [-0.2, 0) is 10.2 Å². The van der Waals surface area contributed by atoms with Gasteiger partial charge in [-0.15, -0.1) is 0 Å². The molecule has 0 aliphatic heterocycles. The molecule has 5 nitrogen and oxygen atoms in total. The van der Waals surface area contributed by atoms with E-state index in [0.29, 0.717) is 21.9 Å². The normalized spacial score (nSPS) is 12.4. The van der Waals surface area contributed by atoms with E-state index in [1.807, 2.05) is 24.3 Å². The monoisotopic (exact) mass is 493 g/mol. The first-order valence-corrected chi connectivity index (χ1v) is 11.5. The zero-order valence-corrected chi connectivity index (χ0v) is 20.6. The number of anilines is 1. The molecule has 35 heavy (non-hydrogen) atoms. The fraction of sp³-hybridized carbons (Fsp3) is 0.214. The van der Waals surface area contributed by atoms with Crippen molar-refractivity contribution in [3.63, 3.8) is 0 Å².